The summed E-state index contributed by atoms with van der Waals surface area (Å²) in [5.41, 5.74) is 0. The molecule has 1 aliphatic heterocycles. The Kier molecular flexibility index (Phi) is 8.00. The lowest BCUT2D eigenvalue weighted by Gasteiger charge is -2.41. The maximum absolute atomic E-state index is 10.6. The van der Waals surface area contributed by atoms with Crippen molar-refractivity contribution in [2.45, 2.75) is 40.2 Å². The van der Waals surface area contributed by atoms with Gasteiger partial charge < -0.3 is 13.8 Å². The van der Waals surface area contributed by atoms with Gasteiger partial charge in [0, 0.05) is 12.2 Å². The van der Waals surface area contributed by atoms with Gasteiger partial charge in [-0.15, -0.1) is 0 Å². The molecule has 0 aliphatic carbocycles. The molecule has 118 valence electrons. The SMILES string of the molecule is CC[N+](CC)(CC)C(C)CCS(=O)(=O)[O-].O=C1C=CO1. The predicted octanol–water partition coefficient (Wildman–Crippen LogP) is 1.24. The molecule has 0 saturated carbocycles. The van der Waals surface area contributed by atoms with Gasteiger partial charge >= 0.3 is 5.97 Å². The third kappa shape index (κ3) is 6.49. The Balaban J connectivity index is 0.000000595. The van der Waals surface area contributed by atoms with Crippen LogP contribution in [0.15, 0.2) is 12.3 Å². The topological polar surface area (TPSA) is 83.5 Å². The Morgan fingerprint density at radius 1 is 1.25 bits per heavy atom. The van der Waals surface area contributed by atoms with Crippen LogP contribution in [0, 0.1) is 0 Å². The van der Waals surface area contributed by atoms with Gasteiger partial charge in [0.2, 0.25) is 0 Å². The van der Waals surface area contributed by atoms with Crippen LogP contribution in [-0.4, -0.2) is 54.9 Å². The van der Waals surface area contributed by atoms with Gasteiger partial charge in [0.1, 0.15) is 6.26 Å². The van der Waals surface area contributed by atoms with Gasteiger partial charge in [-0.3, -0.25) is 0 Å². The summed E-state index contributed by atoms with van der Waals surface area (Å²) < 4.78 is 36.7. The van der Waals surface area contributed by atoms with E-state index in [9.17, 15) is 17.8 Å². The molecule has 0 saturated heterocycles. The van der Waals surface area contributed by atoms with E-state index in [2.05, 4.69) is 25.5 Å². The van der Waals surface area contributed by atoms with E-state index in [0.29, 0.717) is 6.42 Å². The first-order chi connectivity index (χ1) is 9.20. The average Bonchev–Trinajstić information content (AvgIpc) is 2.36. The summed E-state index contributed by atoms with van der Waals surface area (Å²) in [5, 5.41) is 0. The number of esters is 1. The summed E-state index contributed by atoms with van der Waals surface area (Å²) in [7, 11) is -4.06. The fourth-order valence-electron chi connectivity index (χ4n) is 2.32. The highest BCUT2D eigenvalue weighted by atomic mass is 32.2. The highest BCUT2D eigenvalue weighted by molar-refractivity contribution is 7.85. The lowest BCUT2D eigenvalue weighted by atomic mass is 10.1. The summed E-state index contributed by atoms with van der Waals surface area (Å²) in [4.78, 5) is 9.59. The molecule has 1 heterocycles. The first-order valence-electron chi connectivity index (χ1n) is 6.87. The smallest absolute Gasteiger partial charge is 0.338 e. The van der Waals surface area contributed by atoms with Crippen molar-refractivity contribution in [3.05, 3.63) is 12.3 Å². The molecule has 0 fully saturated rings. The minimum Gasteiger partial charge on any atom is -0.748 e. The molecule has 1 unspecified atom stereocenters. The van der Waals surface area contributed by atoms with E-state index in [1.807, 2.05) is 6.92 Å². The van der Waals surface area contributed by atoms with Crippen molar-refractivity contribution in [3.8, 4) is 0 Å². The average molecular weight is 307 g/mol. The Morgan fingerprint density at radius 2 is 1.65 bits per heavy atom. The van der Waals surface area contributed by atoms with Crippen LogP contribution in [0.3, 0.4) is 0 Å². The van der Waals surface area contributed by atoms with Crippen LogP contribution in [0.4, 0.5) is 0 Å². The van der Waals surface area contributed by atoms with Gasteiger partial charge in [0.25, 0.3) is 0 Å². The highest BCUT2D eigenvalue weighted by Crippen LogP contribution is 2.16. The lowest BCUT2D eigenvalue weighted by molar-refractivity contribution is -0.944. The second kappa shape index (κ2) is 8.39. The van der Waals surface area contributed by atoms with Crippen molar-refractivity contribution in [1.82, 2.24) is 0 Å². The first kappa shape index (κ1) is 19.1. The van der Waals surface area contributed by atoms with Gasteiger partial charge in [0.05, 0.1) is 41.9 Å². The number of hydrogen-bond donors (Lipinski definition) is 0. The van der Waals surface area contributed by atoms with E-state index in [1.165, 1.54) is 12.3 Å². The van der Waals surface area contributed by atoms with Gasteiger partial charge in [-0.2, -0.15) is 0 Å². The standard InChI is InChI=1S/C10H23NO3S.C3H2O2/c1-5-11(6-2,7-3)10(4)8-9-15(12,13)14;4-3-1-2-5-3/h10H,5-9H2,1-4H3;1-2H. The summed E-state index contributed by atoms with van der Waals surface area (Å²) in [6.45, 7) is 11.3. The van der Waals surface area contributed by atoms with Crippen LogP contribution in [0.2, 0.25) is 0 Å². The molecular weight excluding hydrogens is 282 g/mol. The molecule has 0 N–H and O–H groups in total. The van der Waals surface area contributed by atoms with Gasteiger partial charge in [-0.25, -0.2) is 13.2 Å². The zero-order valence-corrected chi connectivity index (χ0v) is 13.5. The second-order valence-corrected chi connectivity index (χ2v) is 6.33. The van der Waals surface area contributed by atoms with E-state index < -0.39 is 10.1 Å². The minimum absolute atomic E-state index is 0.230. The normalized spacial score (nSPS) is 15.8. The zero-order valence-electron chi connectivity index (χ0n) is 12.7. The molecule has 6 nitrogen and oxygen atoms in total. The molecule has 0 spiro atoms. The number of cyclic esters (lactones) is 1. The van der Waals surface area contributed by atoms with E-state index in [4.69, 9.17) is 0 Å². The fourth-order valence-corrected chi connectivity index (χ4v) is 2.95. The van der Waals surface area contributed by atoms with Gasteiger partial charge in [0.15, 0.2) is 0 Å². The Bertz CT molecular complexity index is 418. The summed E-state index contributed by atoms with van der Waals surface area (Å²) in [6.07, 6.45) is 3.17. The molecule has 7 heteroatoms. The van der Waals surface area contributed by atoms with Crippen LogP contribution in [0.1, 0.15) is 34.1 Å². The number of ether oxygens (including phenoxy) is 1. The van der Waals surface area contributed by atoms with Crippen LogP contribution in [0.25, 0.3) is 0 Å². The van der Waals surface area contributed by atoms with Crippen molar-refractivity contribution in [3.63, 3.8) is 0 Å². The van der Waals surface area contributed by atoms with Crippen LogP contribution >= 0.6 is 0 Å². The van der Waals surface area contributed by atoms with Crippen molar-refractivity contribution < 1.29 is 27.0 Å². The second-order valence-electron chi connectivity index (χ2n) is 4.81. The van der Waals surface area contributed by atoms with Gasteiger partial charge in [-0.1, -0.05) is 0 Å². The van der Waals surface area contributed by atoms with Crippen LogP contribution < -0.4 is 0 Å². The molecular formula is C13H25NO5S. The molecule has 1 rings (SSSR count). The van der Waals surface area contributed by atoms with E-state index in [1.54, 1.807) is 0 Å². The monoisotopic (exact) mass is 307 g/mol. The third-order valence-corrected chi connectivity index (χ3v) is 4.73. The van der Waals surface area contributed by atoms with Crippen LogP contribution in [0.5, 0.6) is 0 Å². The molecule has 20 heavy (non-hydrogen) atoms. The summed E-state index contributed by atoms with van der Waals surface area (Å²) in [5.74, 6) is -0.487. The van der Waals surface area contributed by atoms with E-state index in [-0.39, 0.29) is 17.8 Å². The summed E-state index contributed by atoms with van der Waals surface area (Å²) in [6, 6.07) is 0.230. The van der Waals surface area contributed by atoms with Crippen molar-refractivity contribution in [1.29, 1.82) is 0 Å². The molecule has 1 aliphatic rings. The molecule has 0 bridgehead atoms. The number of carbonyl (C=O) groups is 1. The quantitative estimate of drug-likeness (QED) is 0.401. The molecule has 0 aromatic heterocycles. The van der Waals surface area contributed by atoms with Crippen molar-refractivity contribution >= 4 is 16.1 Å². The van der Waals surface area contributed by atoms with E-state index >= 15 is 0 Å². The number of nitrogens with zero attached hydrogens (tertiary/aromatic N) is 1. The maximum Gasteiger partial charge on any atom is 0.338 e. The molecule has 0 aromatic carbocycles. The predicted molar refractivity (Wildman–Crippen MR) is 75.8 cm³/mol. The zero-order chi connectivity index (χ0) is 15.8. The molecule has 1 atom stereocenters. The Morgan fingerprint density at radius 3 is 1.85 bits per heavy atom. The molecule has 0 aromatic rings. The fraction of sp³-hybridized carbons (Fsp3) is 0.769. The number of quaternary nitrogens is 1. The number of rotatable bonds is 7. The minimum atomic E-state index is -4.06. The molecule has 0 amide bonds. The third-order valence-electron chi connectivity index (χ3n) is 4.00. The first-order valence-corrected chi connectivity index (χ1v) is 8.45. The Labute approximate surface area is 121 Å². The highest BCUT2D eigenvalue weighted by Gasteiger charge is 2.28. The van der Waals surface area contributed by atoms with Gasteiger partial charge in [-0.05, 0) is 27.7 Å². The van der Waals surface area contributed by atoms with Crippen molar-refractivity contribution in [2.24, 2.45) is 0 Å². The number of hydrogen-bond acceptors (Lipinski definition) is 5. The van der Waals surface area contributed by atoms with Crippen molar-refractivity contribution in [2.75, 3.05) is 25.4 Å². The van der Waals surface area contributed by atoms with E-state index in [0.717, 1.165) is 24.1 Å². The Hall–Kier alpha value is -0.920. The lowest BCUT2D eigenvalue weighted by Crippen LogP contribution is -2.54. The van der Waals surface area contributed by atoms with Crippen LogP contribution in [-0.2, 0) is 19.6 Å². The number of carbonyl (C=O) groups excluding carboxylic acids is 1. The largest absolute Gasteiger partial charge is 0.748 e. The summed E-state index contributed by atoms with van der Waals surface area (Å²) >= 11 is 0. The maximum atomic E-state index is 10.6. The molecule has 0 radical (unpaired) electrons.